The largest absolute Gasteiger partial charge is 0.310 e. The molecule has 0 amide bonds. The maximum absolute atomic E-state index is 13.0. The predicted molar refractivity (Wildman–Crippen MR) is 83.5 cm³/mol. The summed E-state index contributed by atoms with van der Waals surface area (Å²) < 4.78 is 13.0. The smallest absolute Gasteiger partial charge is 0.124 e. The van der Waals surface area contributed by atoms with Crippen LogP contribution in [0.1, 0.15) is 52.5 Å². The Balaban J connectivity index is 2.00. The fourth-order valence-electron chi connectivity index (χ4n) is 3.91. The van der Waals surface area contributed by atoms with Crippen molar-refractivity contribution in [1.82, 2.24) is 5.32 Å². The van der Waals surface area contributed by atoms with Crippen LogP contribution in [0.2, 0.25) is 5.02 Å². The Morgan fingerprint density at radius 1 is 1.20 bits per heavy atom. The fourth-order valence-corrected chi connectivity index (χ4v) is 4.14. The third kappa shape index (κ3) is 4.20. The Bertz CT molecular complexity index is 466. The summed E-state index contributed by atoms with van der Waals surface area (Å²) in [7, 11) is 0. The zero-order valence-electron chi connectivity index (χ0n) is 12.9. The van der Waals surface area contributed by atoms with Gasteiger partial charge in [0.1, 0.15) is 5.82 Å². The van der Waals surface area contributed by atoms with Crippen molar-refractivity contribution in [2.75, 3.05) is 0 Å². The van der Waals surface area contributed by atoms with Crippen molar-refractivity contribution in [3.63, 3.8) is 0 Å². The molecule has 1 aliphatic carbocycles. The van der Waals surface area contributed by atoms with Gasteiger partial charge in [-0.2, -0.15) is 0 Å². The summed E-state index contributed by atoms with van der Waals surface area (Å²) in [4.78, 5) is 0. The van der Waals surface area contributed by atoms with E-state index in [0.717, 1.165) is 5.56 Å². The molecule has 0 radical (unpaired) electrons. The van der Waals surface area contributed by atoms with Crippen LogP contribution >= 0.6 is 11.6 Å². The summed E-state index contributed by atoms with van der Waals surface area (Å²) in [5.74, 6) is -0.279. The lowest BCUT2D eigenvalue weighted by molar-refractivity contribution is 0.0845. The molecule has 1 aliphatic rings. The van der Waals surface area contributed by atoms with Crippen LogP contribution < -0.4 is 5.32 Å². The molecule has 1 saturated carbocycles. The van der Waals surface area contributed by atoms with E-state index in [1.54, 1.807) is 6.07 Å². The molecule has 0 aliphatic heterocycles. The van der Waals surface area contributed by atoms with Crippen molar-refractivity contribution in [2.45, 2.75) is 59.5 Å². The molecule has 112 valence electrons. The highest BCUT2D eigenvalue weighted by molar-refractivity contribution is 6.31. The van der Waals surface area contributed by atoms with Crippen LogP contribution in [0.3, 0.4) is 0 Å². The molecule has 20 heavy (non-hydrogen) atoms. The number of rotatable bonds is 3. The molecule has 0 bridgehead atoms. The normalized spacial score (nSPS) is 21.9. The standard InChI is InChI=1S/C17H25ClFN/c1-16(2)8-14(9-17(3,4)11-16)20-10-12-5-6-13(19)7-15(12)18/h5-7,14,20H,8-11H2,1-4H3. The van der Waals surface area contributed by atoms with E-state index < -0.39 is 0 Å². The topological polar surface area (TPSA) is 12.0 Å². The van der Waals surface area contributed by atoms with Crippen LogP contribution in [0.5, 0.6) is 0 Å². The van der Waals surface area contributed by atoms with Gasteiger partial charge in [0.2, 0.25) is 0 Å². The van der Waals surface area contributed by atoms with Gasteiger partial charge in [-0.25, -0.2) is 4.39 Å². The van der Waals surface area contributed by atoms with Crippen molar-refractivity contribution in [3.8, 4) is 0 Å². The van der Waals surface area contributed by atoms with E-state index in [0.29, 0.717) is 28.4 Å². The first-order chi connectivity index (χ1) is 9.17. The Hall–Kier alpha value is -0.600. The second-order valence-electron chi connectivity index (χ2n) is 7.73. The lowest BCUT2D eigenvalue weighted by Crippen LogP contribution is -2.43. The van der Waals surface area contributed by atoms with E-state index in [1.165, 1.54) is 31.4 Å². The molecule has 3 heteroatoms. The highest BCUT2D eigenvalue weighted by atomic mass is 35.5. The Morgan fingerprint density at radius 2 is 1.80 bits per heavy atom. The first kappa shape index (κ1) is 15.8. The minimum Gasteiger partial charge on any atom is -0.310 e. The fraction of sp³-hybridized carbons (Fsp3) is 0.647. The lowest BCUT2D eigenvalue weighted by Gasteiger charge is -2.45. The van der Waals surface area contributed by atoms with Gasteiger partial charge in [0.25, 0.3) is 0 Å². The second-order valence-corrected chi connectivity index (χ2v) is 8.13. The van der Waals surface area contributed by atoms with Crippen LogP contribution in [-0.2, 0) is 6.54 Å². The summed E-state index contributed by atoms with van der Waals surface area (Å²) in [5.41, 5.74) is 1.70. The number of nitrogens with one attached hydrogen (secondary N) is 1. The van der Waals surface area contributed by atoms with Gasteiger partial charge in [-0.3, -0.25) is 0 Å². The maximum atomic E-state index is 13.0. The van der Waals surface area contributed by atoms with E-state index in [-0.39, 0.29) is 5.82 Å². The average Bonchev–Trinajstić information content (AvgIpc) is 2.23. The Labute approximate surface area is 126 Å². The quantitative estimate of drug-likeness (QED) is 0.811. The van der Waals surface area contributed by atoms with E-state index in [2.05, 4.69) is 33.0 Å². The highest BCUT2D eigenvalue weighted by Gasteiger charge is 2.38. The number of hydrogen-bond donors (Lipinski definition) is 1. The summed E-state index contributed by atoms with van der Waals surface area (Å²) in [6, 6.07) is 5.12. The molecule has 0 atom stereocenters. The molecule has 0 heterocycles. The number of hydrogen-bond acceptors (Lipinski definition) is 1. The van der Waals surface area contributed by atoms with Crippen molar-refractivity contribution >= 4 is 11.6 Å². The zero-order valence-corrected chi connectivity index (χ0v) is 13.6. The summed E-state index contributed by atoms with van der Waals surface area (Å²) in [6.45, 7) is 10.1. The molecule has 0 saturated heterocycles. The van der Waals surface area contributed by atoms with Gasteiger partial charge in [-0.1, -0.05) is 45.4 Å². The molecule has 1 aromatic rings. The first-order valence-electron chi connectivity index (χ1n) is 7.34. The molecule has 2 rings (SSSR count). The van der Waals surface area contributed by atoms with E-state index in [9.17, 15) is 4.39 Å². The van der Waals surface area contributed by atoms with E-state index >= 15 is 0 Å². The van der Waals surface area contributed by atoms with Gasteiger partial charge < -0.3 is 5.32 Å². The van der Waals surface area contributed by atoms with Crippen LogP contribution in [0.4, 0.5) is 4.39 Å². The number of benzene rings is 1. The van der Waals surface area contributed by atoms with Gasteiger partial charge in [0.15, 0.2) is 0 Å². The van der Waals surface area contributed by atoms with Crippen molar-refractivity contribution in [1.29, 1.82) is 0 Å². The molecule has 0 aromatic heterocycles. The molecule has 1 aromatic carbocycles. The van der Waals surface area contributed by atoms with Crippen LogP contribution in [0.15, 0.2) is 18.2 Å². The monoisotopic (exact) mass is 297 g/mol. The van der Waals surface area contributed by atoms with Gasteiger partial charge in [-0.15, -0.1) is 0 Å². The Morgan fingerprint density at radius 3 is 2.35 bits per heavy atom. The summed E-state index contributed by atoms with van der Waals surface area (Å²) >= 11 is 6.08. The first-order valence-corrected chi connectivity index (χ1v) is 7.72. The molecular formula is C17H25ClFN. The van der Waals surface area contributed by atoms with Crippen LogP contribution in [0, 0.1) is 16.6 Å². The molecule has 0 spiro atoms. The minimum atomic E-state index is -0.279. The predicted octanol–water partition coefficient (Wildman–Crippen LogP) is 5.17. The summed E-state index contributed by atoms with van der Waals surface area (Å²) in [5, 5.41) is 4.11. The van der Waals surface area contributed by atoms with Gasteiger partial charge in [0.05, 0.1) is 0 Å². The highest BCUT2D eigenvalue weighted by Crippen LogP contribution is 2.45. The third-order valence-corrected chi connectivity index (χ3v) is 4.50. The molecule has 1 fully saturated rings. The van der Waals surface area contributed by atoms with Crippen molar-refractivity contribution in [3.05, 3.63) is 34.6 Å². The van der Waals surface area contributed by atoms with Gasteiger partial charge in [0, 0.05) is 17.6 Å². The number of halogens is 2. The van der Waals surface area contributed by atoms with Crippen LogP contribution in [0.25, 0.3) is 0 Å². The lowest BCUT2D eigenvalue weighted by atomic mass is 9.63. The molecule has 0 unspecified atom stereocenters. The van der Waals surface area contributed by atoms with Crippen molar-refractivity contribution in [2.24, 2.45) is 10.8 Å². The maximum Gasteiger partial charge on any atom is 0.124 e. The van der Waals surface area contributed by atoms with Crippen LogP contribution in [-0.4, -0.2) is 6.04 Å². The summed E-state index contributed by atoms with van der Waals surface area (Å²) in [6.07, 6.45) is 3.61. The average molecular weight is 298 g/mol. The third-order valence-electron chi connectivity index (χ3n) is 4.15. The minimum absolute atomic E-state index is 0.279. The van der Waals surface area contributed by atoms with Gasteiger partial charge >= 0.3 is 0 Å². The van der Waals surface area contributed by atoms with E-state index in [1.807, 2.05) is 0 Å². The second kappa shape index (κ2) is 5.65. The SMILES string of the molecule is CC1(C)CC(NCc2ccc(F)cc2Cl)CC(C)(C)C1. The van der Waals surface area contributed by atoms with Crippen molar-refractivity contribution < 1.29 is 4.39 Å². The zero-order chi connectivity index (χ0) is 15.0. The Kier molecular flexibility index (Phi) is 4.46. The molecule has 1 nitrogen and oxygen atoms in total. The molecule has 1 N–H and O–H groups in total. The molecular weight excluding hydrogens is 273 g/mol. The van der Waals surface area contributed by atoms with E-state index in [4.69, 9.17) is 11.6 Å². The van der Waals surface area contributed by atoms with Gasteiger partial charge in [-0.05, 0) is 47.8 Å².